The van der Waals surface area contributed by atoms with Gasteiger partial charge < -0.3 is 5.32 Å². The number of fused-ring (bicyclic) bond motifs is 1. The summed E-state index contributed by atoms with van der Waals surface area (Å²) in [5.74, 6) is 0. The average Bonchev–Trinajstić information content (AvgIpc) is 2.48. The second-order valence-corrected chi connectivity index (χ2v) is 5.84. The number of benzene rings is 1. The van der Waals surface area contributed by atoms with Gasteiger partial charge in [0, 0.05) is 24.5 Å². The van der Waals surface area contributed by atoms with E-state index in [0.717, 1.165) is 24.3 Å². The zero-order valence-corrected chi connectivity index (χ0v) is 12.2. The molecule has 1 aromatic carbocycles. The van der Waals surface area contributed by atoms with Crippen molar-refractivity contribution >= 4 is 10.9 Å². The molecule has 0 spiro atoms. The Morgan fingerprint density at radius 1 is 1.20 bits per heavy atom. The van der Waals surface area contributed by atoms with Crippen LogP contribution in [-0.4, -0.2) is 36.1 Å². The number of pyridine rings is 1. The summed E-state index contributed by atoms with van der Waals surface area (Å²) in [7, 11) is 2.19. The minimum absolute atomic E-state index is 0.647. The molecule has 20 heavy (non-hydrogen) atoms. The van der Waals surface area contributed by atoms with Crippen molar-refractivity contribution < 1.29 is 0 Å². The molecule has 0 bridgehead atoms. The lowest BCUT2D eigenvalue weighted by molar-refractivity contribution is 0.254. The van der Waals surface area contributed by atoms with Crippen LogP contribution in [0.25, 0.3) is 10.9 Å². The fourth-order valence-corrected chi connectivity index (χ4v) is 2.99. The number of nitrogens with one attached hydrogen (secondary N) is 1. The third-order valence-corrected chi connectivity index (χ3v) is 4.03. The van der Waals surface area contributed by atoms with Crippen LogP contribution in [-0.2, 0) is 6.54 Å². The molecule has 0 saturated carbocycles. The summed E-state index contributed by atoms with van der Waals surface area (Å²) in [6.07, 6.45) is 3.99. The van der Waals surface area contributed by atoms with E-state index < -0.39 is 0 Å². The smallest absolute Gasteiger partial charge is 0.0705 e. The molecule has 1 N–H and O–H groups in total. The number of hydrogen-bond donors (Lipinski definition) is 1. The minimum Gasteiger partial charge on any atom is -0.313 e. The predicted molar refractivity (Wildman–Crippen MR) is 83.7 cm³/mol. The van der Waals surface area contributed by atoms with Crippen LogP contribution >= 0.6 is 0 Å². The van der Waals surface area contributed by atoms with E-state index in [1.54, 1.807) is 0 Å². The highest BCUT2D eigenvalue weighted by Gasteiger charge is 2.14. The van der Waals surface area contributed by atoms with Crippen molar-refractivity contribution in [3.63, 3.8) is 0 Å². The molecule has 0 aliphatic carbocycles. The summed E-state index contributed by atoms with van der Waals surface area (Å²) >= 11 is 0. The maximum absolute atomic E-state index is 4.75. The van der Waals surface area contributed by atoms with Crippen molar-refractivity contribution in [1.82, 2.24) is 15.2 Å². The lowest BCUT2D eigenvalue weighted by Crippen LogP contribution is -2.42. The van der Waals surface area contributed by atoms with Gasteiger partial charge in [0.2, 0.25) is 0 Å². The first kappa shape index (κ1) is 13.5. The molecule has 106 valence electrons. The van der Waals surface area contributed by atoms with Crippen LogP contribution in [0, 0.1) is 0 Å². The molecule has 1 atom stereocenters. The van der Waals surface area contributed by atoms with Gasteiger partial charge in [0.1, 0.15) is 0 Å². The van der Waals surface area contributed by atoms with Crippen LogP contribution in [0.4, 0.5) is 0 Å². The van der Waals surface area contributed by atoms with E-state index in [1.807, 2.05) is 0 Å². The first-order valence-corrected chi connectivity index (χ1v) is 7.58. The van der Waals surface area contributed by atoms with Crippen molar-refractivity contribution in [1.29, 1.82) is 0 Å². The highest BCUT2D eigenvalue weighted by molar-refractivity contribution is 5.78. The zero-order valence-electron chi connectivity index (χ0n) is 12.2. The zero-order chi connectivity index (χ0) is 13.8. The first-order chi connectivity index (χ1) is 9.81. The van der Waals surface area contributed by atoms with Crippen LogP contribution in [0.2, 0.25) is 0 Å². The average molecular weight is 269 g/mol. The molecule has 1 unspecified atom stereocenters. The van der Waals surface area contributed by atoms with Crippen LogP contribution in [0.5, 0.6) is 0 Å². The van der Waals surface area contributed by atoms with Crippen LogP contribution in [0.15, 0.2) is 36.4 Å². The maximum Gasteiger partial charge on any atom is 0.0705 e. The van der Waals surface area contributed by atoms with E-state index in [0.29, 0.717) is 6.04 Å². The summed E-state index contributed by atoms with van der Waals surface area (Å²) in [5, 5.41) is 4.82. The van der Waals surface area contributed by atoms with E-state index in [4.69, 9.17) is 4.98 Å². The summed E-state index contributed by atoms with van der Waals surface area (Å²) in [6, 6.07) is 13.3. The largest absolute Gasteiger partial charge is 0.313 e. The molecule has 1 saturated heterocycles. The third kappa shape index (κ3) is 3.35. The molecule has 1 aromatic heterocycles. The summed E-state index contributed by atoms with van der Waals surface area (Å²) in [4.78, 5) is 7.12. The molecule has 3 heteroatoms. The molecule has 3 nitrogen and oxygen atoms in total. The number of likely N-dealkylation sites (N-methyl/N-ethyl adjacent to an activating group) is 1. The molecular formula is C17H23N3. The van der Waals surface area contributed by atoms with Gasteiger partial charge in [0.15, 0.2) is 0 Å². The van der Waals surface area contributed by atoms with Crippen molar-refractivity contribution in [3.05, 3.63) is 42.1 Å². The Labute approximate surface area is 121 Å². The number of para-hydroxylation sites is 1. The highest BCUT2D eigenvalue weighted by Crippen LogP contribution is 2.13. The minimum atomic E-state index is 0.647. The van der Waals surface area contributed by atoms with Crippen LogP contribution < -0.4 is 5.32 Å². The Morgan fingerprint density at radius 2 is 2.10 bits per heavy atom. The van der Waals surface area contributed by atoms with Gasteiger partial charge in [0.25, 0.3) is 0 Å². The topological polar surface area (TPSA) is 28.2 Å². The second kappa shape index (κ2) is 6.33. The van der Waals surface area contributed by atoms with E-state index >= 15 is 0 Å². The van der Waals surface area contributed by atoms with E-state index in [-0.39, 0.29) is 0 Å². The molecule has 2 heterocycles. The Hall–Kier alpha value is -1.45. The van der Waals surface area contributed by atoms with Crippen molar-refractivity contribution in [2.45, 2.75) is 31.8 Å². The van der Waals surface area contributed by atoms with Gasteiger partial charge in [-0.2, -0.15) is 0 Å². The molecule has 1 aliphatic rings. The normalized spacial score (nSPS) is 19.6. The number of piperidine rings is 1. The molecule has 3 rings (SSSR count). The van der Waals surface area contributed by atoms with E-state index in [2.05, 4.69) is 53.7 Å². The summed E-state index contributed by atoms with van der Waals surface area (Å²) in [6.45, 7) is 3.20. The Balaban J connectivity index is 1.62. The molecule has 1 fully saturated rings. The molecule has 0 radical (unpaired) electrons. The number of rotatable bonds is 4. The van der Waals surface area contributed by atoms with Gasteiger partial charge >= 0.3 is 0 Å². The van der Waals surface area contributed by atoms with Gasteiger partial charge in [-0.1, -0.05) is 30.7 Å². The van der Waals surface area contributed by atoms with E-state index in [1.165, 1.54) is 31.2 Å². The van der Waals surface area contributed by atoms with Gasteiger partial charge in [-0.25, -0.2) is 0 Å². The molecular weight excluding hydrogens is 246 g/mol. The van der Waals surface area contributed by atoms with Gasteiger partial charge in [-0.15, -0.1) is 0 Å². The van der Waals surface area contributed by atoms with Crippen LogP contribution in [0.3, 0.4) is 0 Å². The number of aromatic nitrogens is 1. The first-order valence-electron chi connectivity index (χ1n) is 7.58. The molecule has 1 aliphatic heterocycles. The summed E-state index contributed by atoms with van der Waals surface area (Å²) < 4.78 is 0. The van der Waals surface area contributed by atoms with Crippen molar-refractivity contribution in [3.8, 4) is 0 Å². The van der Waals surface area contributed by atoms with Crippen LogP contribution in [0.1, 0.15) is 25.0 Å². The Bertz CT molecular complexity index is 561. The summed E-state index contributed by atoms with van der Waals surface area (Å²) in [5.41, 5.74) is 2.25. The lowest BCUT2D eigenvalue weighted by atomic mass is 10.0. The van der Waals surface area contributed by atoms with Gasteiger partial charge in [-0.05, 0) is 38.6 Å². The fraction of sp³-hybridized carbons (Fsp3) is 0.471. The SMILES string of the molecule is CN(Cc1ccc2ccccc2n1)CC1CCCCN1. The molecule has 0 amide bonds. The highest BCUT2D eigenvalue weighted by atomic mass is 15.1. The van der Waals surface area contributed by atoms with Gasteiger partial charge in [0.05, 0.1) is 11.2 Å². The van der Waals surface area contributed by atoms with Crippen molar-refractivity contribution in [2.24, 2.45) is 0 Å². The second-order valence-electron chi connectivity index (χ2n) is 5.84. The maximum atomic E-state index is 4.75. The number of nitrogens with zero attached hydrogens (tertiary/aromatic N) is 2. The third-order valence-electron chi connectivity index (χ3n) is 4.03. The van der Waals surface area contributed by atoms with Crippen molar-refractivity contribution in [2.75, 3.05) is 20.1 Å². The monoisotopic (exact) mass is 269 g/mol. The molecule has 2 aromatic rings. The Kier molecular flexibility index (Phi) is 4.28. The quantitative estimate of drug-likeness (QED) is 0.925. The number of hydrogen-bond acceptors (Lipinski definition) is 3. The Morgan fingerprint density at radius 3 is 2.95 bits per heavy atom. The lowest BCUT2D eigenvalue weighted by Gasteiger charge is -2.28. The standard InChI is InChI=1S/C17H23N3/c1-20(12-15-7-4-5-11-18-15)13-16-10-9-14-6-2-3-8-17(14)19-16/h2-3,6,8-10,15,18H,4-5,7,11-13H2,1H3. The van der Waals surface area contributed by atoms with Gasteiger partial charge in [-0.3, -0.25) is 9.88 Å². The predicted octanol–water partition coefficient (Wildman–Crippen LogP) is 2.81. The fourth-order valence-electron chi connectivity index (χ4n) is 2.99. The van der Waals surface area contributed by atoms with E-state index in [9.17, 15) is 0 Å².